The highest BCUT2D eigenvalue weighted by atomic mass is 16.1. The molecule has 3 N–H and O–H groups in total. The van der Waals surface area contributed by atoms with Crippen LogP contribution in [0.1, 0.15) is 25.7 Å². The number of hydrogen-bond donors (Lipinski definition) is 2. The first-order valence-corrected chi connectivity index (χ1v) is 3.57. The van der Waals surface area contributed by atoms with Gasteiger partial charge in [0.25, 0.3) is 0 Å². The van der Waals surface area contributed by atoms with Gasteiger partial charge in [0, 0.05) is 6.54 Å². The van der Waals surface area contributed by atoms with Crippen molar-refractivity contribution in [2.24, 2.45) is 5.73 Å². The van der Waals surface area contributed by atoms with Gasteiger partial charge in [-0.1, -0.05) is 0 Å². The molecule has 62 valence electrons. The van der Waals surface area contributed by atoms with E-state index in [0.717, 1.165) is 0 Å². The minimum atomic E-state index is -0.200. The van der Waals surface area contributed by atoms with Crippen LogP contribution in [0.25, 0.3) is 0 Å². The number of aromatic nitrogens is 3. The van der Waals surface area contributed by atoms with E-state index >= 15 is 0 Å². The molecule has 0 bridgehead atoms. The molecule has 0 spiro atoms. The molecule has 0 aliphatic carbocycles. The molecule has 5 heteroatoms. The number of hydrogen-bond acceptors (Lipinski definition) is 3. The molecule has 0 aliphatic rings. The molecule has 0 radical (unpaired) electrons. The van der Waals surface area contributed by atoms with Crippen molar-refractivity contribution in [3.63, 3.8) is 0 Å². The summed E-state index contributed by atoms with van der Waals surface area (Å²) >= 11 is 0. The lowest BCUT2D eigenvalue weighted by Crippen LogP contribution is -2.21. The smallest absolute Gasteiger partial charge is 0.322 e. The fourth-order valence-corrected chi connectivity index (χ4v) is 0.983. The molecule has 1 heterocycles. The fourth-order valence-electron chi connectivity index (χ4n) is 0.983. The number of aromatic amines is 1. The fraction of sp³-hybridized carbons (Fsp3) is 0.667. The van der Waals surface area contributed by atoms with E-state index in [1.54, 1.807) is 6.92 Å². The highest BCUT2D eigenvalue weighted by molar-refractivity contribution is 4.91. The van der Waals surface area contributed by atoms with Crippen LogP contribution >= 0.6 is 0 Å². The van der Waals surface area contributed by atoms with E-state index < -0.39 is 0 Å². The normalized spacial score (nSPS) is 13.4. The average Bonchev–Trinajstić information content (AvgIpc) is 2.30. The molecule has 5 nitrogen and oxygen atoms in total. The van der Waals surface area contributed by atoms with E-state index in [1.165, 1.54) is 4.57 Å². The van der Waals surface area contributed by atoms with Crippen LogP contribution in [0.2, 0.25) is 0 Å². The minimum Gasteiger partial charge on any atom is -0.322 e. The molecule has 0 amide bonds. The summed E-state index contributed by atoms with van der Waals surface area (Å²) in [7, 11) is 0. The Hall–Kier alpha value is -1.10. The van der Waals surface area contributed by atoms with E-state index in [2.05, 4.69) is 10.2 Å². The summed E-state index contributed by atoms with van der Waals surface area (Å²) in [6, 6.07) is -0.200. The molecule has 1 aromatic rings. The standard InChI is InChI=1S/C6H12N4O/c1-3-10-5(4(2)7)8-9-6(10)11/h4H,3,7H2,1-2H3,(H,9,11). The number of nitrogens with one attached hydrogen (secondary N) is 1. The molecule has 0 aromatic carbocycles. The molecule has 11 heavy (non-hydrogen) atoms. The van der Waals surface area contributed by atoms with Gasteiger partial charge in [-0.05, 0) is 13.8 Å². The Labute approximate surface area is 64.2 Å². The largest absolute Gasteiger partial charge is 0.343 e. The Morgan fingerprint density at radius 2 is 2.45 bits per heavy atom. The first kappa shape index (κ1) is 8.00. The van der Waals surface area contributed by atoms with Crippen LogP contribution < -0.4 is 11.4 Å². The second-order valence-corrected chi connectivity index (χ2v) is 2.42. The van der Waals surface area contributed by atoms with E-state index in [1.807, 2.05) is 6.92 Å². The summed E-state index contributed by atoms with van der Waals surface area (Å²) in [5.41, 5.74) is 5.37. The summed E-state index contributed by atoms with van der Waals surface area (Å²) in [5, 5.41) is 6.13. The van der Waals surface area contributed by atoms with Crippen LogP contribution in [0, 0.1) is 0 Å². The Bertz CT molecular complexity index is 285. The first-order chi connectivity index (χ1) is 5.16. The van der Waals surface area contributed by atoms with Crippen molar-refractivity contribution in [3.8, 4) is 0 Å². The third-order valence-corrected chi connectivity index (χ3v) is 1.51. The van der Waals surface area contributed by atoms with Gasteiger partial charge in [0.2, 0.25) is 0 Å². The third kappa shape index (κ3) is 1.32. The third-order valence-electron chi connectivity index (χ3n) is 1.51. The lowest BCUT2D eigenvalue weighted by molar-refractivity contribution is 0.625. The maximum Gasteiger partial charge on any atom is 0.343 e. The summed E-state index contributed by atoms with van der Waals surface area (Å²) < 4.78 is 1.52. The van der Waals surface area contributed by atoms with Crippen LogP contribution in [-0.2, 0) is 6.54 Å². The van der Waals surface area contributed by atoms with Gasteiger partial charge in [-0.25, -0.2) is 9.89 Å². The highest BCUT2D eigenvalue weighted by Gasteiger charge is 2.09. The zero-order chi connectivity index (χ0) is 8.43. The molecule has 1 rings (SSSR count). The van der Waals surface area contributed by atoms with Crippen LogP contribution in [-0.4, -0.2) is 14.8 Å². The summed E-state index contributed by atoms with van der Waals surface area (Å²) in [6.45, 7) is 4.27. The van der Waals surface area contributed by atoms with Gasteiger partial charge in [-0.15, -0.1) is 0 Å². The molecule has 0 saturated heterocycles. The Morgan fingerprint density at radius 3 is 2.82 bits per heavy atom. The van der Waals surface area contributed by atoms with Crippen LogP contribution in [0.5, 0.6) is 0 Å². The number of rotatable bonds is 2. The van der Waals surface area contributed by atoms with Gasteiger partial charge < -0.3 is 5.73 Å². The lowest BCUT2D eigenvalue weighted by atomic mass is 10.3. The van der Waals surface area contributed by atoms with Crippen LogP contribution in [0.3, 0.4) is 0 Å². The number of nitrogens with two attached hydrogens (primary N) is 1. The van der Waals surface area contributed by atoms with E-state index in [-0.39, 0.29) is 11.7 Å². The maximum absolute atomic E-state index is 11.0. The SMILES string of the molecule is CCn1c(C(C)N)n[nH]c1=O. The zero-order valence-corrected chi connectivity index (χ0v) is 6.66. The number of nitrogens with zero attached hydrogens (tertiary/aromatic N) is 2. The Morgan fingerprint density at radius 1 is 1.82 bits per heavy atom. The lowest BCUT2D eigenvalue weighted by Gasteiger charge is -2.03. The van der Waals surface area contributed by atoms with Crippen molar-refractivity contribution in [1.82, 2.24) is 14.8 Å². The summed E-state index contributed by atoms with van der Waals surface area (Å²) in [4.78, 5) is 11.0. The van der Waals surface area contributed by atoms with Crippen molar-refractivity contribution in [3.05, 3.63) is 16.3 Å². The molecular formula is C6H12N4O. The van der Waals surface area contributed by atoms with Crippen LogP contribution in [0.4, 0.5) is 0 Å². The predicted octanol–water partition coefficient (Wildman–Crippen LogP) is -0.389. The second kappa shape index (κ2) is 2.87. The van der Waals surface area contributed by atoms with Crippen molar-refractivity contribution in [2.75, 3.05) is 0 Å². The van der Waals surface area contributed by atoms with Crippen molar-refractivity contribution < 1.29 is 0 Å². The molecule has 1 aromatic heterocycles. The highest BCUT2D eigenvalue weighted by Crippen LogP contribution is 2.01. The predicted molar refractivity (Wildman–Crippen MR) is 41.1 cm³/mol. The molecule has 1 atom stereocenters. The van der Waals surface area contributed by atoms with Crippen molar-refractivity contribution in [1.29, 1.82) is 0 Å². The Kier molecular flexibility index (Phi) is 2.09. The second-order valence-electron chi connectivity index (χ2n) is 2.42. The van der Waals surface area contributed by atoms with E-state index in [0.29, 0.717) is 12.4 Å². The maximum atomic E-state index is 11.0. The summed E-state index contributed by atoms with van der Waals surface area (Å²) in [6.07, 6.45) is 0. The average molecular weight is 156 g/mol. The van der Waals surface area contributed by atoms with Gasteiger partial charge in [0.1, 0.15) is 5.82 Å². The molecular weight excluding hydrogens is 144 g/mol. The summed E-state index contributed by atoms with van der Waals surface area (Å²) in [5.74, 6) is 0.609. The van der Waals surface area contributed by atoms with Gasteiger partial charge in [0.15, 0.2) is 0 Å². The topological polar surface area (TPSA) is 76.7 Å². The van der Waals surface area contributed by atoms with E-state index in [4.69, 9.17) is 5.73 Å². The van der Waals surface area contributed by atoms with Crippen molar-refractivity contribution >= 4 is 0 Å². The minimum absolute atomic E-state index is 0.195. The Balaban J connectivity index is 3.16. The zero-order valence-electron chi connectivity index (χ0n) is 6.66. The number of H-pyrrole nitrogens is 1. The first-order valence-electron chi connectivity index (χ1n) is 3.57. The quantitative estimate of drug-likeness (QED) is 0.612. The molecule has 0 saturated carbocycles. The van der Waals surface area contributed by atoms with Gasteiger partial charge in [-0.2, -0.15) is 5.10 Å². The van der Waals surface area contributed by atoms with Crippen LogP contribution in [0.15, 0.2) is 4.79 Å². The van der Waals surface area contributed by atoms with Gasteiger partial charge in [-0.3, -0.25) is 4.57 Å². The molecule has 0 fully saturated rings. The van der Waals surface area contributed by atoms with Gasteiger partial charge >= 0.3 is 5.69 Å². The van der Waals surface area contributed by atoms with E-state index in [9.17, 15) is 4.79 Å². The van der Waals surface area contributed by atoms with Gasteiger partial charge in [0.05, 0.1) is 6.04 Å². The molecule has 0 aliphatic heterocycles. The molecule has 1 unspecified atom stereocenters. The monoisotopic (exact) mass is 156 g/mol. The van der Waals surface area contributed by atoms with Crippen molar-refractivity contribution in [2.45, 2.75) is 26.4 Å².